The van der Waals surface area contributed by atoms with Gasteiger partial charge in [0.1, 0.15) is 11.6 Å². The first kappa shape index (κ1) is 13.3. The third kappa shape index (κ3) is 2.67. The molecule has 0 atom stereocenters. The van der Waals surface area contributed by atoms with E-state index in [2.05, 4.69) is 4.98 Å². The van der Waals surface area contributed by atoms with E-state index in [0.29, 0.717) is 22.6 Å². The van der Waals surface area contributed by atoms with E-state index in [1.54, 1.807) is 18.3 Å². The highest BCUT2D eigenvalue weighted by Gasteiger charge is 2.14. The van der Waals surface area contributed by atoms with Gasteiger partial charge in [0, 0.05) is 17.8 Å². The Morgan fingerprint density at radius 2 is 2.00 bits per heavy atom. The van der Waals surface area contributed by atoms with Crippen molar-refractivity contribution in [3.63, 3.8) is 0 Å². The van der Waals surface area contributed by atoms with Crippen molar-refractivity contribution in [2.75, 3.05) is 7.11 Å². The zero-order chi connectivity index (χ0) is 14.0. The molecule has 0 unspecified atom stereocenters. The van der Waals surface area contributed by atoms with Crippen LogP contribution in [-0.2, 0) is 0 Å². The number of phenols is 1. The fraction of sp³-hybridized carbons (Fsp3) is 0.267. The molecule has 0 aliphatic rings. The Hall–Kier alpha value is -2.10. The highest BCUT2D eigenvalue weighted by atomic mass is 19.1. The van der Waals surface area contributed by atoms with E-state index < -0.39 is 0 Å². The molecule has 0 saturated carbocycles. The number of pyridine rings is 1. The van der Waals surface area contributed by atoms with Crippen LogP contribution in [0.3, 0.4) is 0 Å². The molecule has 1 N–H and O–H groups in total. The second kappa shape index (κ2) is 5.26. The van der Waals surface area contributed by atoms with Crippen LogP contribution in [0.1, 0.15) is 25.3 Å². The Bertz CT molecular complexity index is 597. The number of benzene rings is 1. The molecule has 1 heterocycles. The van der Waals surface area contributed by atoms with Gasteiger partial charge in [0.25, 0.3) is 0 Å². The van der Waals surface area contributed by atoms with Crippen molar-refractivity contribution in [1.29, 1.82) is 0 Å². The minimum absolute atomic E-state index is 0.0400. The van der Waals surface area contributed by atoms with Crippen molar-refractivity contribution >= 4 is 0 Å². The Kier molecular flexibility index (Phi) is 3.69. The third-order valence-corrected chi connectivity index (χ3v) is 2.98. The molecule has 0 aliphatic carbocycles. The van der Waals surface area contributed by atoms with Crippen LogP contribution in [0.25, 0.3) is 11.1 Å². The van der Waals surface area contributed by atoms with Crippen LogP contribution >= 0.6 is 0 Å². The molecule has 1 aromatic carbocycles. The van der Waals surface area contributed by atoms with E-state index in [-0.39, 0.29) is 17.5 Å². The fourth-order valence-electron chi connectivity index (χ4n) is 1.97. The molecule has 4 heteroatoms. The SMILES string of the molecule is COc1cc(-c2cc(F)cc(C(C)C)c2O)ccn1. The zero-order valence-corrected chi connectivity index (χ0v) is 11.1. The lowest BCUT2D eigenvalue weighted by Gasteiger charge is -2.13. The van der Waals surface area contributed by atoms with E-state index in [9.17, 15) is 9.50 Å². The number of halogens is 1. The molecule has 0 amide bonds. The number of rotatable bonds is 3. The molecular formula is C15H16FNO2. The van der Waals surface area contributed by atoms with E-state index in [1.807, 2.05) is 13.8 Å². The van der Waals surface area contributed by atoms with E-state index in [4.69, 9.17) is 4.74 Å². The van der Waals surface area contributed by atoms with Gasteiger partial charge < -0.3 is 9.84 Å². The number of aromatic hydroxyl groups is 1. The topological polar surface area (TPSA) is 42.4 Å². The number of hydrogen-bond acceptors (Lipinski definition) is 3. The Balaban J connectivity index is 2.61. The minimum atomic E-state index is -0.368. The normalized spacial score (nSPS) is 10.8. The van der Waals surface area contributed by atoms with Gasteiger partial charge in [0.2, 0.25) is 5.88 Å². The number of phenolic OH excluding ortho intramolecular Hbond substituents is 1. The monoisotopic (exact) mass is 261 g/mol. The molecule has 0 fully saturated rings. The Morgan fingerprint density at radius 1 is 1.26 bits per heavy atom. The predicted octanol–water partition coefficient (Wildman–Crippen LogP) is 3.73. The Morgan fingerprint density at radius 3 is 2.63 bits per heavy atom. The van der Waals surface area contributed by atoms with Gasteiger partial charge in [-0.15, -0.1) is 0 Å². The van der Waals surface area contributed by atoms with Crippen LogP contribution in [0.2, 0.25) is 0 Å². The summed E-state index contributed by atoms with van der Waals surface area (Å²) in [6.07, 6.45) is 1.56. The summed E-state index contributed by atoms with van der Waals surface area (Å²) in [4.78, 5) is 4.00. The average Bonchev–Trinajstić information content (AvgIpc) is 2.40. The Labute approximate surface area is 111 Å². The van der Waals surface area contributed by atoms with Crippen molar-refractivity contribution in [1.82, 2.24) is 4.98 Å². The largest absolute Gasteiger partial charge is 0.507 e. The van der Waals surface area contributed by atoms with Gasteiger partial charge in [0.05, 0.1) is 7.11 Å². The second-order valence-corrected chi connectivity index (χ2v) is 4.63. The van der Waals surface area contributed by atoms with Gasteiger partial charge in [-0.05, 0) is 35.2 Å². The summed E-state index contributed by atoms with van der Waals surface area (Å²) in [7, 11) is 1.51. The fourth-order valence-corrected chi connectivity index (χ4v) is 1.97. The minimum Gasteiger partial charge on any atom is -0.507 e. The first-order valence-corrected chi connectivity index (χ1v) is 6.05. The highest BCUT2D eigenvalue weighted by Crippen LogP contribution is 2.37. The highest BCUT2D eigenvalue weighted by molar-refractivity contribution is 5.72. The maximum absolute atomic E-state index is 13.7. The first-order chi connectivity index (χ1) is 9.02. The number of aromatic nitrogens is 1. The number of nitrogens with zero attached hydrogens (tertiary/aromatic N) is 1. The molecule has 1 aromatic heterocycles. The number of hydrogen-bond donors (Lipinski definition) is 1. The molecule has 0 radical (unpaired) electrons. The molecule has 2 aromatic rings. The molecule has 0 spiro atoms. The lowest BCUT2D eigenvalue weighted by Crippen LogP contribution is -1.94. The molecule has 3 nitrogen and oxygen atoms in total. The van der Waals surface area contributed by atoms with Crippen LogP contribution in [0, 0.1) is 5.82 Å². The van der Waals surface area contributed by atoms with Crippen molar-refractivity contribution in [3.05, 3.63) is 41.8 Å². The number of ether oxygens (including phenoxy) is 1. The summed E-state index contributed by atoms with van der Waals surface area (Å²) < 4.78 is 18.7. The molecule has 0 saturated heterocycles. The van der Waals surface area contributed by atoms with Crippen molar-refractivity contribution in [2.24, 2.45) is 0 Å². The van der Waals surface area contributed by atoms with Gasteiger partial charge in [-0.25, -0.2) is 9.37 Å². The van der Waals surface area contributed by atoms with Gasteiger partial charge in [0.15, 0.2) is 0 Å². The summed E-state index contributed by atoms with van der Waals surface area (Å²) >= 11 is 0. The van der Waals surface area contributed by atoms with Crippen LogP contribution in [0.5, 0.6) is 11.6 Å². The second-order valence-electron chi connectivity index (χ2n) is 4.63. The molecule has 0 aliphatic heterocycles. The third-order valence-electron chi connectivity index (χ3n) is 2.98. The van der Waals surface area contributed by atoms with Crippen molar-refractivity contribution in [2.45, 2.75) is 19.8 Å². The first-order valence-electron chi connectivity index (χ1n) is 6.05. The smallest absolute Gasteiger partial charge is 0.213 e. The van der Waals surface area contributed by atoms with Crippen LogP contribution < -0.4 is 4.74 Å². The molecule has 19 heavy (non-hydrogen) atoms. The average molecular weight is 261 g/mol. The van der Waals surface area contributed by atoms with Crippen molar-refractivity contribution in [3.8, 4) is 22.8 Å². The van der Waals surface area contributed by atoms with Crippen LogP contribution in [0.15, 0.2) is 30.5 Å². The maximum Gasteiger partial charge on any atom is 0.213 e. The lowest BCUT2D eigenvalue weighted by molar-refractivity contribution is 0.398. The quantitative estimate of drug-likeness (QED) is 0.915. The van der Waals surface area contributed by atoms with E-state index in [0.717, 1.165) is 0 Å². The maximum atomic E-state index is 13.7. The van der Waals surface area contributed by atoms with Crippen molar-refractivity contribution < 1.29 is 14.2 Å². The van der Waals surface area contributed by atoms with Gasteiger partial charge in [-0.2, -0.15) is 0 Å². The zero-order valence-electron chi connectivity index (χ0n) is 11.1. The standard InChI is InChI=1S/C15H16FNO2/c1-9(2)12-7-11(16)8-13(15(12)18)10-4-5-17-14(6-10)19-3/h4-9,18H,1-3H3. The number of methoxy groups -OCH3 is 1. The molecule has 100 valence electrons. The van der Waals surface area contributed by atoms with Gasteiger partial charge >= 0.3 is 0 Å². The lowest BCUT2D eigenvalue weighted by atomic mass is 9.96. The summed E-state index contributed by atoms with van der Waals surface area (Å²) in [6.45, 7) is 3.82. The van der Waals surface area contributed by atoms with Crippen LogP contribution in [-0.4, -0.2) is 17.2 Å². The summed E-state index contributed by atoms with van der Waals surface area (Å²) in [5.74, 6) is 0.197. The summed E-state index contributed by atoms with van der Waals surface area (Å²) in [5.41, 5.74) is 1.71. The van der Waals surface area contributed by atoms with E-state index >= 15 is 0 Å². The summed E-state index contributed by atoms with van der Waals surface area (Å²) in [5, 5.41) is 10.3. The van der Waals surface area contributed by atoms with E-state index in [1.165, 1.54) is 19.2 Å². The molecular weight excluding hydrogens is 245 g/mol. The predicted molar refractivity (Wildman–Crippen MR) is 71.9 cm³/mol. The summed E-state index contributed by atoms with van der Waals surface area (Å²) in [6, 6.07) is 6.05. The molecule has 2 rings (SSSR count). The van der Waals surface area contributed by atoms with Gasteiger partial charge in [-0.3, -0.25) is 0 Å². The van der Waals surface area contributed by atoms with Gasteiger partial charge in [-0.1, -0.05) is 13.8 Å². The van der Waals surface area contributed by atoms with Crippen LogP contribution in [0.4, 0.5) is 4.39 Å². The molecule has 0 bridgehead atoms.